The van der Waals surface area contributed by atoms with Crippen LogP contribution in [0.3, 0.4) is 0 Å². The Morgan fingerprint density at radius 1 is 1.19 bits per heavy atom. The molecule has 1 unspecified atom stereocenters. The van der Waals surface area contributed by atoms with Gasteiger partial charge >= 0.3 is 0 Å². The molecule has 5 nitrogen and oxygen atoms in total. The second-order valence-electron chi connectivity index (χ2n) is 6.47. The molecule has 26 heavy (non-hydrogen) atoms. The molecule has 136 valence electrons. The van der Waals surface area contributed by atoms with E-state index in [1.807, 2.05) is 36.4 Å². The largest absolute Gasteiger partial charge is 0.310 e. The maximum absolute atomic E-state index is 12.8. The van der Waals surface area contributed by atoms with Crippen LogP contribution in [0.4, 0.5) is 5.95 Å². The molecule has 0 fully saturated rings. The van der Waals surface area contributed by atoms with Gasteiger partial charge in [0.15, 0.2) is 0 Å². The molecule has 2 aromatic carbocycles. The first-order valence-corrected chi connectivity index (χ1v) is 8.82. The predicted molar refractivity (Wildman–Crippen MR) is 107 cm³/mol. The summed E-state index contributed by atoms with van der Waals surface area (Å²) in [5.41, 5.74) is 4.48. The van der Waals surface area contributed by atoms with Crippen LogP contribution in [0.1, 0.15) is 24.5 Å². The van der Waals surface area contributed by atoms with E-state index in [1.165, 1.54) is 11.1 Å². The number of nitrogens with one attached hydrogen (secondary N) is 2. The van der Waals surface area contributed by atoms with Crippen molar-refractivity contribution in [1.29, 1.82) is 0 Å². The number of fused-ring (bicyclic) bond motifs is 2. The van der Waals surface area contributed by atoms with Crippen molar-refractivity contribution in [3.8, 4) is 0 Å². The minimum Gasteiger partial charge on any atom is -0.310 e. The van der Waals surface area contributed by atoms with Gasteiger partial charge in [0.25, 0.3) is 0 Å². The highest BCUT2D eigenvalue weighted by Crippen LogP contribution is 2.21. The zero-order valence-corrected chi connectivity index (χ0v) is 15.6. The molecule has 2 N–H and O–H groups in total. The Morgan fingerprint density at radius 2 is 1.92 bits per heavy atom. The molecule has 0 aliphatic carbocycles. The van der Waals surface area contributed by atoms with Crippen LogP contribution < -0.4 is 10.6 Å². The van der Waals surface area contributed by atoms with E-state index in [4.69, 9.17) is 0 Å². The number of benzene rings is 2. The number of aromatic nitrogens is 2. The minimum atomic E-state index is -0.232. The molecule has 4 rings (SSSR count). The molecule has 0 saturated heterocycles. The highest BCUT2D eigenvalue weighted by atomic mass is 35.5. The van der Waals surface area contributed by atoms with Crippen LogP contribution in [-0.2, 0) is 24.3 Å². The molecule has 6 heteroatoms. The summed E-state index contributed by atoms with van der Waals surface area (Å²) in [5.74, 6) is 0.607. The first kappa shape index (κ1) is 18.4. The van der Waals surface area contributed by atoms with Gasteiger partial charge in [-0.05, 0) is 36.1 Å². The maximum atomic E-state index is 12.8. The Kier molecular flexibility index (Phi) is 5.59. The van der Waals surface area contributed by atoms with Gasteiger partial charge in [0.05, 0.1) is 17.1 Å². The van der Waals surface area contributed by atoms with Crippen LogP contribution in [0.2, 0.25) is 0 Å². The van der Waals surface area contributed by atoms with Gasteiger partial charge in [-0.25, -0.2) is 4.98 Å². The summed E-state index contributed by atoms with van der Waals surface area (Å²) in [6.07, 6.45) is 1.69. The Labute approximate surface area is 159 Å². The maximum Gasteiger partial charge on any atom is 0.244 e. The second kappa shape index (κ2) is 7.89. The zero-order valence-electron chi connectivity index (χ0n) is 14.7. The van der Waals surface area contributed by atoms with E-state index in [0.717, 1.165) is 30.5 Å². The highest BCUT2D eigenvalue weighted by molar-refractivity contribution is 5.95. The number of carbonyl (C=O) groups excluding carboxylic acids is 1. The summed E-state index contributed by atoms with van der Waals surface area (Å²) in [4.78, 5) is 17.4. The Hall–Kier alpha value is -2.37. The van der Waals surface area contributed by atoms with Gasteiger partial charge in [-0.3, -0.25) is 10.1 Å². The van der Waals surface area contributed by atoms with Crippen LogP contribution in [0.25, 0.3) is 11.0 Å². The summed E-state index contributed by atoms with van der Waals surface area (Å²) < 4.78 is 2.09. The molecule has 0 bridgehead atoms. The number of hydrogen-bond acceptors (Lipinski definition) is 3. The van der Waals surface area contributed by atoms with Crippen molar-refractivity contribution in [2.24, 2.45) is 0 Å². The minimum absolute atomic E-state index is 0. The third-order valence-electron chi connectivity index (χ3n) is 4.73. The molecule has 1 aliphatic rings. The number of nitrogens with zero attached hydrogens (tertiary/aromatic N) is 2. The number of aryl methyl sites for hydroxylation is 1. The molecular formula is C20H23ClN4O. The van der Waals surface area contributed by atoms with E-state index < -0.39 is 0 Å². The quantitative estimate of drug-likeness (QED) is 0.738. The number of amides is 1. The Bertz CT molecular complexity index is 921. The van der Waals surface area contributed by atoms with E-state index in [9.17, 15) is 4.79 Å². The highest BCUT2D eigenvalue weighted by Gasteiger charge is 2.25. The molecular weight excluding hydrogens is 348 g/mol. The summed E-state index contributed by atoms with van der Waals surface area (Å²) in [6, 6.07) is 16.0. The zero-order chi connectivity index (χ0) is 17.2. The van der Waals surface area contributed by atoms with Gasteiger partial charge in [0.2, 0.25) is 11.9 Å². The first-order chi connectivity index (χ1) is 12.3. The summed E-state index contributed by atoms with van der Waals surface area (Å²) >= 11 is 0. The van der Waals surface area contributed by atoms with Crippen LogP contribution in [0.5, 0.6) is 0 Å². The first-order valence-electron chi connectivity index (χ1n) is 8.82. The van der Waals surface area contributed by atoms with Gasteiger partial charge < -0.3 is 9.88 Å². The van der Waals surface area contributed by atoms with Crippen molar-refractivity contribution in [2.75, 3.05) is 5.32 Å². The smallest absolute Gasteiger partial charge is 0.244 e. The third kappa shape index (κ3) is 3.45. The monoisotopic (exact) mass is 370 g/mol. The fourth-order valence-corrected chi connectivity index (χ4v) is 3.46. The summed E-state index contributed by atoms with van der Waals surface area (Å²) in [6.45, 7) is 3.68. The van der Waals surface area contributed by atoms with E-state index in [-0.39, 0.29) is 24.4 Å². The van der Waals surface area contributed by atoms with Crippen LogP contribution in [-0.4, -0.2) is 21.5 Å². The topological polar surface area (TPSA) is 59.0 Å². The molecule has 0 radical (unpaired) electrons. The average Bonchev–Trinajstić information content (AvgIpc) is 2.99. The number of para-hydroxylation sites is 2. The molecule has 1 aliphatic heterocycles. The lowest BCUT2D eigenvalue weighted by Crippen LogP contribution is -2.45. The molecule has 1 aromatic heterocycles. The molecule has 1 amide bonds. The van der Waals surface area contributed by atoms with Gasteiger partial charge in [-0.2, -0.15) is 0 Å². The van der Waals surface area contributed by atoms with Gasteiger partial charge in [0.1, 0.15) is 0 Å². The lowest BCUT2D eigenvalue weighted by molar-refractivity contribution is -0.118. The van der Waals surface area contributed by atoms with Gasteiger partial charge in [0, 0.05) is 13.1 Å². The van der Waals surface area contributed by atoms with Crippen molar-refractivity contribution in [2.45, 2.75) is 38.9 Å². The van der Waals surface area contributed by atoms with Crippen LogP contribution in [0, 0.1) is 0 Å². The lowest BCUT2D eigenvalue weighted by atomic mass is 9.95. The number of halogens is 1. The SMILES string of the molecule is CCCn1c(NC(=O)C2Cc3ccccc3CN2)nc2ccccc21.Cl. The van der Waals surface area contributed by atoms with Crippen LogP contribution >= 0.6 is 12.4 Å². The van der Waals surface area contributed by atoms with E-state index in [1.54, 1.807) is 0 Å². The predicted octanol–water partition coefficient (Wildman–Crippen LogP) is 3.52. The van der Waals surface area contributed by atoms with Crippen LogP contribution in [0.15, 0.2) is 48.5 Å². The normalized spacial score (nSPS) is 16.0. The number of rotatable bonds is 4. The standard InChI is InChI=1S/C20H22N4O.ClH/c1-2-11-24-18-10-6-5-9-16(18)22-20(24)23-19(25)17-12-14-7-3-4-8-15(14)13-21-17;/h3-10,17,21H,2,11-13H2,1H3,(H,22,23,25);1H. The molecule has 3 aromatic rings. The van der Waals surface area contributed by atoms with Crippen molar-refractivity contribution in [3.05, 3.63) is 59.7 Å². The fraction of sp³-hybridized carbons (Fsp3) is 0.300. The number of carbonyl (C=O) groups is 1. The lowest BCUT2D eigenvalue weighted by Gasteiger charge is -2.25. The Balaban J connectivity index is 0.00000196. The summed E-state index contributed by atoms with van der Waals surface area (Å²) in [7, 11) is 0. The van der Waals surface area contributed by atoms with Crippen molar-refractivity contribution >= 4 is 35.3 Å². The van der Waals surface area contributed by atoms with E-state index in [2.05, 4.69) is 39.2 Å². The number of imidazole rings is 1. The van der Waals surface area contributed by atoms with Gasteiger partial charge in [-0.1, -0.05) is 43.3 Å². The van der Waals surface area contributed by atoms with E-state index in [0.29, 0.717) is 12.4 Å². The molecule has 0 saturated carbocycles. The summed E-state index contributed by atoms with van der Waals surface area (Å²) in [5, 5.41) is 6.37. The second-order valence-corrected chi connectivity index (χ2v) is 6.47. The molecule has 1 atom stereocenters. The molecule has 0 spiro atoms. The van der Waals surface area contributed by atoms with Crippen molar-refractivity contribution < 1.29 is 4.79 Å². The average molecular weight is 371 g/mol. The fourth-order valence-electron chi connectivity index (χ4n) is 3.46. The number of anilines is 1. The van der Waals surface area contributed by atoms with E-state index >= 15 is 0 Å². The van der Waals surface area contributed by atoms with Crippen molar-refractivity contribution in [1.82, 2.24) is 14.9 Å². The third-order valence-corrected chi connectivity index (χ3v) is 4.73. The Morgan fingerprint density at radius 3 is 2.73 bits per heavy atom. The van der Waals surface area contributed by atoms with Crippen molar-refractivity contribution in [3.63, 3.8) is 0 Å². The molecule has 2 heterocycles. The number of hydrogen-bond donors (Lipinski definition) is 2. The van der Waals surface area contributed by atoms with Gasteiger partial charge in [-0.15, -0.1) is 12.4 Å².